The number of sulfonamides is 1. The Labute approximate surface area is 128 Å². The second-order valence-corrected chi connectivity index (χ2v) is 6.52. The summed E-state index contributed by atoms with van der Waals surface area (Å²) in [5, 5.41) is 0.161. The van der Waals surface area contributed by atoms with Crippen LogP contribution in [-0.2, 0) is 14.8 Å². The normalized spacial score (nSPS) is 11.8. The van der Waals surface area contributed by atoms with Gasteiger partial charge >= 0.3 is 0 Å². The summed E-state index contributed by atoms with van der Waals surface area (Å²) in [6.45, 7) is 3.23. The van der Waals surface area contributed by atoms with E-state index in [1.54, 1.807) is 0 Å². The Balaban J connectivity index is 2.75. The molecule has 1 aromatic rings. The van der Waals surface area contributed by atoms with Crippen molar-refractivity contribution >= 4 is 44.8 Å². The van der Waals surface area contributed by atoms with Gasteiger partial charge in [0, 0.05) is 19.8 Å². The third-order valence-corrected chi connectivity index (χ3v) is 5.16. The van der Waals surface area contributed by atoms with E-state index in [1.807, 2.05) is 6.92 Å². The van der Waals surface area contributed by atoms with E-state index in [9.17, 15) is 8.42 Å². The zero-order chi connectivity index (χ0) is 14.5. The molecule has 0 unspecified atom stereocenters. The zero-order valence-corrected chi connectivity index (χ0v) is 13.3. The summed E-state index contributed by atoms with van der Waals surface area (Å²) in [6, 6.07) is 2.71. The first-order chi connectivity index (χ1) is 8.90. The van der Waals surface area contributed by atoms with Crippen LogP contribution >= 0.6 is 34.8 Å². The van der Waals surface area contributed by atoms with E-state index in [0.29, 0.717) is 19.6 Å². The SMILES string of the molecule is CCOCCCNS(=O)(=O)c1ccc(Cl)c(Cl)c1Cl. The van der Waals surface area contributed by atoms with Crippen LogP contribution in [0.1, 0.15) is 13.3 Å². The summed E-state index contributed by atoms with van der Waals surface area (Å²) in [7, 11) is -3.70. The molecule has 0 bridgehead atoms. The van der Waals surface area contributed by atoms with Crippen molar-refractivity contribution < 1.29 is 13.2 Å². The van der Waals surface area contributed by atoms with E-state index in [2.05, 4.69) is 4.72 Å². The molecule has 0 amide bonds. The minimum Gasteiger partial charge on any atom is -0.382 e. The van der Waals surface area contributed by atoms with Crippen LogP contribution in [-0.4, -0.2) is 28.2 Å². The Hall–Kier alpha value is -0.0400. The fraction of sp³-hybridized carbons (Fsp3) is 0.455. The lowest BCUT2D eigenvalue weighted by atomic mass is 10.4. The first kappa shape index (κ1) is 17.0. The van der Waals surface area contributed by atoms with Gasteiger partial charge in [-0.2, -0.15) is 0 Å². The molecule has 0 spiro atoms. The van der Waals surface area contributed by atoms with E-state index in [1.165, 1.54) is 12.1 Å². The van der Waals surface area contributed by atoms with Gasteiger partial charge in [-0.25, -0.2) is 13.1 Å². The van der Waals surface area contributed by atoms with Crippen molar-refractivity contribution in [2.24, 2.45) is 0 Å². The summed E-state index contributed by atoms with van der Waals surface area (Å²) in [4.78, 5) is -0.0834. The summed E-state index contributed by atoms with van der Waals surface area (Å²) < 4.78 is 31.6. The predicted molar refractivity (Wildman–Crippen MR) is 77.8 cm³/mol. The molecule has 8 heteroatoms. The van der Waals surface area contributed by atoms with Crippen LogP contribution in [0.3, 0.4) is 0 Å². The highest BCUT2D eigenvalue weighted by atomic mass is 35.5. The van der Waals surface area contributed by atoms with Crippen molar-refractivity contribution in [2.45, 2.75) is 18.2 Å². The molecule has 0 saturated heterocycles. The number of benzene rings is 1. The van der Waals surface area contributed by atoms with Gasteiger partial charge in [-0.3, -0.25) is 0 Å². The molecule has 19 heavy (non-hydrogen) atoms. The van der Waals surface area contributed by atoms with Crippen LogP contribution in [0.15, 0.2) is 17.0 Å². The van der Waals surface area contributed by atoms with Gasteiger partial charge in [0.2, 0.25) is 10.0 Å². The van der Waals surface area contributed by atoms with E-state index in [0.717, 1.165) is 0 Å². The van der Waals surface area contributed by atoms with Crippen LogP contribution in [0, 0.1) is 0 Å². The fourth-order valence-corrected chi connectivity index (χ4v) is 3.37. The number of hydrogen-bond acceptors (Lipinski definition) is 3. The smallest absolute Gasteiger partial charge is 0.242 e. The van der Waals surface area contributed by atoms with E-state index in [4.69, 9.17) is 39.5 Å². The third kappa shape index (κ3) is 4.77. The molecule has 1 aromatic carbocycles. The molecule has 0 aliphatic heterocycles. The van der Waals surface area contributed by atoms with Crippen molar-refractivity contribution in [1.82, 2.24) is 4.72 Å². The van der Waals surface area contributed by atoms with Crippen molar-refractivity contribution in [3.05, 3.63) is 27.2 Å². The van der Waals surface area contributed by atoms with Gasteiger partial charge in [-0.15, -0.1) is 0 Å². The summed E-state index contributed by atoms with van der Waals surface area (Å²) >= 11 is 17.5. The minimum atomic E-state index is -3.70. The van der Waals surface area contributed by atoms with Gasteiger partial charge in [-0.05, 0) is 25.5 Å². The fourth-order valence-electron chi connectivity index (χ4n) is 1.32. The van der Waals surface area contributed by atoms with Crippen molar-refractivity contribution in [1.29, 1.82) is 0 Å². The van der Waals surface area contributed by atoms with Crippen LogP contribution < -0.4 is 4.72 Å². The standard InChI is InChI=1S/C11H14Cl3NO3S/c1-2-18-7-3-6-15-19(16,17)9-5-4-8(12)10(13)11(9)14/h4-5,15H,2-3,6-7H2,1H3. The monoisotopic (exact) mass is 345 g/mol. The minimum absolute atomic E-state index is 0.0283. The lowest BCUT2D eigenvalue weighted by molar-refractivity contribution is 0.146. The lowest BCUT2D eigenvalue weighted by Crippen LogP contribution is -2.26. The average Bonchev–Trinajstić information content (AvgIpc) is 2.35. The molecule has 0 heterocycles. The first-order valence-corrected chi connectivity index (χ1v) is 8.22. The molecule has 0 aliphatic rings. The van der Waals surface area contributed by atoms with Gasteiger partial charge < -0.3 is 4.74 Å². The lowest BCUT2D eigenvalue weighted by Gasteiger charge is -2.10. The Morgan fingerprint density at radius 1 is 1.21 bits per heavy atom. The topological polar surface area (TPSA) is 55.4 Å². The van der Waals surface area contributed by atoms with Crippen LogP contribution in [0.5, 0.6) is 0 Å². The predicted octanol–water partition coefficient (Wildman–Crippen LogP) is 3.35. The number of halogens is 3. The average molecular weight is 347 g/mol. The van der Waals surface area contributed by atoms with E-state index < -0.39 is 10.0 Å². The van der Waals surface area contributed by atoms with Gasteiger partial charge in [0.15, 0.2) is 0 Å². The molecule has 108 valence electrons. The number of ether oxygens (including phenoxy) is 1. The summed E-state index contributed by atoms with van der Waals surface area (Å²) in [5.74, 6) is 0. The Morgan fingerprint density at radius 3 is 2.53 bits per heavy atom. The van der Waals surface area contributed by atoms with Gasteiger partial charge in [0.1, 0.15) is 4.90 Å². The van der Waals surface area contributed by atoms with Gasteiger partial charge in [-0.1, -0.05) is 34.8 Å². The maximum absolute atomic E-state index is 12.0. The number of rotatable bonds is 7. The van der Waals surface area contributed by atoms with Crippen molar-refractivity contribution in [3.8, 4) is 0 Å². The quantitative estimate of drug-likeness (QED) is 0.608. The van der Waals surface area contributed by atoms with Crippen LogP contribution in [0.25, 0.3) is 0 Å². The molecule has 0 aliphatic carbocycles. The first-order valence-electron chi connectivity index (χ1n) is 5.61. The van der Waals surface area contributed by atoms with Crippen molar-refractivity contribution in [2.75, 3.05) is 19.8 Å². The summed E-state index contributed by atoms with van der Waals surface area (Å²) in [5.41, 5.74) is 0. The van der Waals surface area contributed by atoms with Crippen LogP contribution in [0.2, 0.25) is 15.1 Å². The van der Waals surface area contributed by atoms with Crippen molar-refractivity contribution in [3.63, 3.8) is 0 Å². The molecule has 0 radical (unpaired) electrons. The molecule has 0 fully saturated rings. The highest BCUT2D eigenvalue weighted by Gasteiger charge is 2.20. The second kappa shape index (κ2) is 7.67. The highest BCUT2D eigenvalue weighted by Crippen LogP contribution is 2.34. The molecule has 1 N–H and O–H groups in total. The summed E-state index contributed by atoms with van der Waals surface area (Å²) in [6.07, 6.45) is 0.575. The number of hydrogen-bond donors (Lipinski definition) is 1. The Morgan fingerprint density at radius 2 is 1.89 bits per heavy atom. The largest absolute Gasteiger partial charge is 0.382 e. The second-order valence-electron chi connectivity index (χ2n) is 3.62. The highest BCUT2D eigenvalue weighted by molar-refractivity contribution is 7.89. The van der Waals surface area contributed by atoms with Gasteiger partial charge in [0.05, 0.1) is 15.1 Å². The third-order valence-electron chi connectivity index (χ3n) is 2.25. The molecular weight excluding hydrogens is 333 g/mol. The molecular formula is C11H14Cl3NO3S. The van der Waals surface area contributed by atoms with E-state index in [-0.39, 0.29) is 26.5 Å². The molecule has 0 aromatic heterocycles. The molecule has 0 atom stereocenters. The maximum Gasteiger partial charge on any atom is 0.242 e. The van der Waals surface area contributed by atoms with E-state index >= 15 is 0 Å². The van der Waals surface area contributed by atoms with Gasteiger partial charge in [0.25, 0.3) is 0 Å². The number of nitrogens with one attached hydrogen (secondary N) is 1. The Kier molecular flexibility index (Phi) is 6.86. The van der Waals surface area contributed by atoms with Crippen LogP contribution in [0.4, 0.5) is 0 Å². The molecule has 4 nitrogen and oxygen atoms in total. The molecule has 1 rings (SSSR count). The molecule has 0 saturated carbocycles. The Bertz CT molecular complexity index is 534. The zero-order valence-electron chi connectivity index (χ0n) is 10.3. The maximum atomic E-state index is 12.0.